The highest BCUT2D eigenvalue weighted by atomic mass is 32.2. The Morgan fingerprint density at radius 3 is 2.53 bits per heavy atom. The third-order valence-corrected chi connectivity index (χ3v) is 2.40. The molecule has 0 spiro atoms. The van der Waals surface area contributed by atoms with Crippen molar-refractivity contribution in [2.24, 2.45) is 0 Å². The molecule has 1 heterocycles. The Morgan fingerprint density at radius 2 is 2.13 bits per heavy atom. The van der Waals surface area contributed by atoms with Crippen molar-refractivity contribution in [1.82, 2.24) is 4.98 Å². The molecule has 0 atom stereocenters. The molecule has 0 N–H and O–H groups in total. The van der Waals surface area contributed by atoms with Gasteiger partial charge in [-0.05, 0) is 23.5 Å². The molecular weight excluding hydrogens is 202 g/mol. The summed E-state index contributed by atoms with van der Waals surface area (Å²) in [6.07, 6.45) is 2.92. The molecule has 2 heteroatoms. The number of nitrogens with zero attached hydrogens (tertiary/aromatic N) is 1. The first-order chi connectivity index (χ1) is 7.27. The average molecular weight is 221 g/mol. The summed E-state index contributed by atoms with van der Waals surface area (Å²) in [6.45, 7) is 13.6. The number of hydrogen-bond acceptors (Lipinski definition) is 2. The molecule has 15 heavy (non-hydrogen) atoms. The Hall–Kier alpha value is -1.02. The van der Waals surface area contributed by atoms with Crippen LogP contribution in [-0.4, -0.2) is 4.98 Å². The molecule has 1 rings (SSSR count). The molecule has 0 amide bonds. The SMILES string of the molecule is C=CSC(=C)c1ccc(CC)cn1.CC. The van der Waals surface area contributed by atoms with Gasteiger partial charge in [-0.2, -0.15) is 0 Å². The van der Waals surface area contributed by atoms with E-state index < -0.39 is 0 Å². The highest BCUT2D eigenvalue weighted by Gasteiger charge is 1.98. The van der Waals surface area contributed by atoms with Gasteiger partial charge in [0, 0.05) is 11.1 Å². The zero-order valence-corrected chi connectivity index (χ0v) is 10.6. The highest BCUT2D eigenvalue weighted by Crippen LogP contribution is 2.23. The molecule has 0 aromatic carbocycles. The third-order valence-electron chi connectivity index (χ3n) is 1.74. The largest absolute Gasteiger partial charge is 0.255 e. The minimum Gasteiger partial charge on any atom is -0.255 e. The van der Waals surface area contributed by atoms with Crippen LogP contribution in [0.5, 0.6) is 0 Å². The monoisotopic (exact) mass is 221 g/mol. The van der Waals surface area contributed by atoms with Crippen molar-refractivity contribution in [1.29, 1.82) is 0 Å². The lowest BCUT2D eigenvalue weighted by atomic mass is 10.2. The maximum Gasteiger partial charge on any atom is 0.0762 e. The first kappa shape index (κ1) is 14.0. The molecule has 1 aromatic heterocycles. The van der Waals surface area contributed by atoms with Crippen LogP contribution in [0.2, 0.25) is 0 Å². The minimum atomic E-state index is 0.933. The number of aromatic nitrogens is 1. The molecule has 0 saturated carbocycles. The first-order valence-electron chi connectivity index (χ1n) is 5.19. The molecule has 0 aliphatic heterocycles. The number of hydrogen-bond donors (Lipinski definition) is 0. The Morgan fingerprint density at radius 1 is 1.47 bits per heavy atom. The summed E-state index contributed by atoms with van der Waals surface area (Å²) < 4.78 is 0. The summed E-state index contributed by atoms with van der Waals surface area (Å²) in [4.78, 5) is 5.24. The van der Waals surface area contributed by atoms with E-state index in [-0.39, 0.29) is 0 Å². The van der Waals surface area contributed by atoms with Crippen LogP contribution in [0.15, 0.2) is 36.9 Å². The summed E-state index contributed by atoms with van der Waals surface area (Å²) in [5.74, 6) is 0. The van der Waals surface area contributed by atoms with E-state index >= 15 is 0 Å². The lowest BCUT2D eigenvalue weighted by Gasteiger charge is -2.01. The molecule has 0 unspecified atom stereocenters. The second-order valence-electron chi connectivity index (χ2n) is 2.61. The van der Waals surface area contributed by atoms with E-state index in [0.717, 1.165) is 17.0 Å². The predicted molar refractivity (Wildman–Crippen MR) is 71.8 cm³/mol. The van der Waals surface area contributed by atoms with Crippen LogP contribution >= 0.6 is 11.8 Å². The van der Waals surface area contributed by atoms with Crippen LogP contribution in [0.4, 0.5) is 0 Å². The van der Waals surface area contributed by atoms with Crippen LogP contribution in [0.25, 0.3) is 4.91 Å². The van der Waals surface area contributed by atoms with Gasteiger partial charge in [-0.1, -0.05) is 51.8 Å². The zero-order chi connectivity index (χ0) is 11.7. The van der Waals surface area contributed by atoms with E-state index in [2.05, 4.69) is 31.1 Å². The van der Waals surface area contributed by atoms with E-state index in [1.807, 2.05) is 26.1 Å². The van der Waals surface area contributed by atoms with Gasteiger partial charge in [-0.15, -0.1) is 0 Å². The third kappa shape index (κ3) is 4.84. The van der Waals surface area contributed by atoms with Gasteiger partial charge in [-0.25, -0.2) is 0 Å². The van der Waals surface area contributed by atoms with Crippen molar-refractivity contribution in [3.05, 3.63) is 48.2 Å². The molecule has 1 aromatic rings. The van der Waals surface area contributed by atoms with Gasteiger partial charge in [0.15, 0.2) is 0 Å². The van der Waals surface area contributed by atoms with Gasteiger partial charge in [0.25, 0.3) is 0 Å². The second-order valence-corrected chi connectivity index (χ2v) is 3.67. The molecule has 0 aliphatic rings. The standard InChI is InChI=1S/C11H13NS.C2H6/c1-4-10-6-7-11(12-8-10)9(3)13-5-2;1-2/h5-8H,2-4H2,1H3;1-2H3. The summed E-state index contributed by atoms with van der Waals surface area (Å²) in [7, 11) is 0. The summed E-state index contributed by atoms with van der Waals surface area (Å²) in [6, 6.07) is 4.08. The minimum absolute atomic E-state index is 0.933. The van der Waals surface area contributed by atoms with Crippen LogP contribution in [-0.2, 0) is 6.42 Å². The molecule has 0 fully saturated rings. The molecule has 1 nitrogen and oxygen atoms in total. The van der Waals surface area contributed by atoms with Crippen molar-refractivity contribution in [2.75, 3.05) is 0 Å². The quantitative estimate of drug-likeness (QED) is 0.741. The van der Waals surface area contributed by atoms with E-state index in [1.54, 1.807) is 5.41 Å². The van der Waals surface area contributed by atoms with Crippen molar-refractivity contribution in [2.45, 2.75) is 27.2 Å². The van der Waals surface area contributed by atoms with Gasteiger partial charge >= 0.3 is 0 Å². The van der Waals surface area contributed by atoms with E-state index in [1.165, 1.54) is 17.3 Å². The van der Waals surface area contributed by atoms with E-state index in [0.29, 0.717) is 0 Å². The van der Waals surface area contributed by atoms with Crippen molar-refractivity contribution in [3.63, 3.8) is 0 Å². The lowest BCUT2D eigenvalue weighted by molar-refractivity contribution is 1.10. The smallest absolute Gasteiger partial charge is 0.0762 e. The average Bonchev–Trinajstić information content (AvgIpc) is 2.32. The molecule has 0 radical (unpaired) electrons. The number of thioether (sulfide) groups is 1. The van der Waals surface area contributed by atoms with Gasteiger partial charge in [0.1, 0.15) is 0 Å². The maximum atomic E-state index is 4.30. The fourth-order valence-electron chi connectivity index (χ4n) is 0.960. The molecule has 0 saturated heterocycles. The zero-order valence-electron chi connectivity index (χ0n) is 9.79. The molecule has 0 bridgehead atoms. The van der Waals surface area contributed by atoms with Crippen LogP contribution < -0.4 is 0 Å². The van der Waals surface area contributed by atoms with Crippen LogP contribution in [0.1, 0.15) is 32.0 Å². The Bertz CT molecular complexity index is 301. The fraction of sp³-hybridized carbons (Fsp3) is 0.308. The second kappa shape index (κ2) is 8.30. The van der Waals surface area contributed by atoms with E-state index in [9.17, 15) is 0 Å². The summed E-state index contributed by atoms with van der Waals surface area (Å²) in [5.41, 5.74) is 2.18. The fourth-order valence-corrected chi connectivity index (χ4v) is 1.40. The maximum absolute atomic E-state index is 4.30. The number of aryl methyl sites for hydroxylation is 1. The van der Waals surface area contributed by atoms with Crippen molar-refractivity contribution < 1.29 is 0 Å². The van der Waals surface area contributed by atoms with Crippen LogP contribution in [0.3, 0.4) is 0 Å². The lowest BCUT2D eigenvalue weighted by Crippen LogP contribution is -1.87. The normalized spacial score (nSPS) is 8.73. The Balaban J connectivity index is 0.000000921. The Kier molecular flexibility index (Phi) is 7.74. The first-order valence-corrected chi connectivity index (χ1v) is 6.07. The van der Waals surface area contributed by atoms with Gasteiger partial charge in [0.05, 0.1) is 5.69 Å². The van der Waals surface area contributed by atoms with E-state index in [4.69, 9.17) is 0 Å². The molecule has 0 aliphatic carbocycles. The van der Waals surface area contributed by atoms with Gasteiger partial charge in [-0.3, -0.25) is 4.98 Å². The van der Waals surface area contributed by atoms with Crippen molar-refractivity contribution in [3.8, 4) is 0 Å². The topological polar surface area (TPSA) is 12.9 Å². The summed E-state index contributed by atoms with van der Waals surface area (Å²) >= 11 is 1.50. The molecule has 82 valence electrons. The van der Waals surface area contributed by atoms with Gasteiger partial charge < -0.3 is 0 Å². The van der Waals surface area contributed by atoms with Crippen LogP contribution in [0, 0.1) is 0 Å². The number of pyridine rings is 1. The molecular formula is C13H19NS. The van der Waals surface area contributed by atoms with Crippen molar-refractivity contribution >= 4 is 16.7 Å². The predicted octanol–water partition coefficient (Wildman–Crippen LogP) is 4.52. The highest BCUT2D eigenvalue weighted by molar-refractivity contribution is 8.10. The number of rotatable bonds is 4. The Labute approximate surface area is 97.3 Å². The van der Waals surface area contributed by atoms with Gasteiger partial charge in [0.2, 0.25) is 0 Å². The summed E-state index contributed by atoms with van der Waals surface area (Å²) in [5, 5.41) is 1.76.